The third-order valence-corrected chi connectivity index (χ3v) is 4.72. The zero-order chi connectivity index (χ0) is 18.2. The van der Waals surface area contributed by atoms with Crippen LogP contribution in [0.3, 0.4) is 0 Å². The highest BCUT2D eigenvalue weighted by Crippen LogP contribution is 2.36. The fourth-order valence-electron chi connectivity index (χ4n) is 2.26. The van der Waals surface area contributed by atoms with Gasteiger partial charge in [-0.15, -0.1) is 0 Å². The lowest BCUT2D eigenvalue weighted by Crippen LogP contribution is -2.41. The summed E-state index contributed by atoms with van der Waals surface area (Å²) in [5.74, 6) is -0.997. The Balaban J connectivity index is 1.89. The molecule has 2 N–H and O–H groups in total. The van der Waals surface area contributed by atoms with E-state index in [-0.39, 0.29) is 0 Å². The third kappa shape index (κ3) is 3.49. The average molecular weight is 379 g/mol. The number of carbonyl (C=O) groups is 2. The van der Waals surface area contributed by atoms with E-state index in [1.54, 1.807) is 6.07 Å². The number of nitrogens with one attached hydrogen (secondary N) is 2. The predicted molar refractivity (Wildman–Crippen MR) is 96.7 cm³/mol. The van der Waals surface area contributed by atoms with E-state index in [1.165, 1.54) is 32.1 Å². The number of amides is 1. The van der Waals surface area contributed by atoms with Crippen LogP contribution in [-0.2, 0) is 14.3 Å². The van der Waals surface area contributed by atoms with Crippen LogP contribution in [0.25, 0.3) is 21.6 Å². The molecule has 0 spiro atoms. The number of anilines is 1. The van der Waals surface area contributed by atoms with Gasteiger partial charge in [0.2, 0.25) is 0 Å². The molecule has 0 aliphatic heterocycles. The second-order valence-electron chi connectivity index (χ2n) is 5.81. The summed E-state index contributed by atoms with van der Waals surface area (Å²) in [6, 6.07) is 7.35. The van der Waals surface area contributed by atoms with Crippen LogP contribution in [0.4, 0.5) is 5.13 Å². The minimum atomic E-state index is -1.30. The lowest BCUT2D eigenvalue weighted by atomic mass is 10.1. The van der Waals surface area contributed by atoms with Crippen molar-refractivity contribution in [2.45, 2.75) is 26.4 Å². The zero-order valence-corrected chi connectivity index (χ0v) is 15.3. The maximum absolute atomic E-state index is 12.3. The Kier molecular flexibility index (Phi) is 4.49. The summed E-state index contributed by atoms with van der Waals surface area (Å²) in [5.41, 5.74) is 0.685. The molecular formula is C16H15ClN4O3S. The fourth-order valence-corrected chi connectivity index (χ4v) is 3.40. The Hall–Kier alpha value is -2.45. The average Bonchev–Trinajstić information content (AvgIpc) is 3.06. The van der Waals surface area contributed by atoms with Gasteiger partial charge in [-0.25, -0.2) is 4.98 Å². The van der Waals surface area contributed by atoms with Gasteiger partial charge in [-0.2, -0.15) is 5.10 Å². The summed E-state index contributed by atoms with van der Waals surface area (Å²) in [7, 11) is 0. The van der Waals surface area contributed by atoms with E-state index >= 15 is 0 Å². The summed E-state index contributed by atoms with van der Waals surface area (Å²) in [4.78, 5) is 27.7. The second-order valence-corrected chi connectivity index (χ2v) is 7.21. The largest absolute Gasteiger partial charge is 0.450 e. The quantitative estimate of drug-likeness (QED) is 0.676. The number of halogens is 1. The molecule has 0 aliphatic carbocycles. The smallest absolute Gasteiger partial charge is 0.303 e. The minimum absolute atomic E-state index is 0.377. The van der Waals surface area contributed by atoms with Crippen molar-refractivity contribution in [1.82, 2.24) is 15.2 Å². The number of ether oxygens (including phenoxy) is 1. The Morgan fingerprint density at radius 3 is 2.72 bits per heavy atom. The van der Waals surface area contributed by atoms with Crippen LogP contribution in [0.2, 0.25) is 5.02 Å². The molecular weight excluding hydrogens is 364 g/mol. The van der Waals surface area contributed by atoms with Crippen molar-refractivity contribution in [3.8, 4) is 11.3 Å². The van der Waals surface area contributed by atoms with Crippen molar-refractivity contribution in [2.75, 3.05) is 5.32 Å². The van der Waals surface area contributed by atoms with E-state index in [2.05, 4.69) is 20.5 Å². The van der Waals surface area contributed by atoms with E-state index < -0.39 is 17.5 Å². The van der Waals surface area contributed by atoms with Crippen molar-refractivity contribution in [2.24, 2.45) is 0 Å². The normalized spacial score (nSPS) is 11.5. The summed E-state index contributed by atoms with van der Waals surface area (Å²) in [6.07, 6.45) is 0. The highest BCUT2D eigenvalue weighted by molar-refractivity contribution is 7.22. The molecule has 1 aromatic carbocycles. The van der Waals surface area contributed by atoms with Gasteiger partial charge in [0.1, 0.15) is 10.4 Å². The topological polar surface area (TPSA) is 97.0 Å². The van der Waals surface area contributed by atoms with Crippen LogP contribution >= 0.6 is 22.9 Å². The number of aromatic amines is 1. The van der Waals surface area contributed by atoms with Gasteiger partial charge in [0, 0.05) is 12.5 Å². The van der Waals surface area contributed by atoms with Gasteiger partial charge < -0.3 is 4.74 Å². The van der Waals surface area contributed by atoms with Gasteiger partial charge in [0.05, 0.1) is 5.02 Å². The number of hydrogen-bond acceptors (Lipinski definition) is 6. The molecule has 3 aromatic rings. The van der Waals surface area contributed by atoms with Gasteiger partial charge >= 0.3 is 5.97 Å². The lowest BCUT2D eigenvalue weighted by Gasteiger charge is -2.22. The molecule has 0 unspecified atom stereocenters. The number of aromatic nitrogens is 3. The number of H-pyrrole nitrogens is 1. The minimum Gasteiger partial charge on any atom is -0.450 e. The maximum atomic E-state index is 12.3. The highest BCUT2D eigenvalue weighted by Gasteiger charge is 2.32. The molecule has 7 nitrogen and oxygen atoms in total. The van der Waals surface area contributed by atoms with Crippen molar-refractivity contribution in [3.63, 3.8) is 0 Å². The van der Waals surface area contributed by atoms with Gasteiger partial charge in [0.15, 0.2) is 16.4 Å². The summed E-state index contributed by atoms with van der Waals surface area (Å²) in [6.45, 7) is 4.28. The third-order valence-electron chi connectivity index (χ3n) is 3.41. The van der Waals surface area contributed by atoms with E-state index in [0.717, 1.165) is 10.3 Å². The SMILES string of the molecule is CC(=O)OC(C)(C)C(=O)Nc1nc2[nH]nc(-c3ccccc3Cl)c2s1. The molecule has 0 fully saturated rings. The molecule has 130 valence electrons. The Bertz CT molecular complexity index is 963. The van der Waals surface area contributed by atoms with Crippen molar-refractivity contribution in [1.29, 1.82) is 0 Å². The standard InChI is InChI=1S/C16H15ClN4O3S/c1-8(22)24-16(2,3)14(23)19-15-18-13-12(25-15)11(20-21-13)9-6-4-5-7-10(9)17/h4-7H,1-3H3,(H2,18,19,20,21,23). The molecule has 0 atom stereocenters. The van der Waals surface area contributed by atoms with Crippen molar-refractivity contribution >= 4 is 50.3 Å². The molecule has 2 heterocycles. The van der Waals surface area contributed by atoms with Gasteiger partial charge in [-0.05, 0) is 19.9 Å². The van der Waals surface area contributed by atoms with Crippen LogP contribution in [0, 0.1) is 0 Å². The van der Waals surface area contributed by atoms with Crippen molar-refractivity contribution < 1.29 is 14.3 Å². The van der Waals surface area contributed by atoms with Crippen LogP contribution < -0.4 is 5.32 Å². The number of esters is 1. The molecule has 0 bridgehead atoms. The summed E-state index contributed by atoms with van der Waals surface area (Å²) < 4.78 is 5.80. The predicted octanol–water partition coefficient (Wildman–Crippen LogP) is 3.62. The summed E-state index contributed by atoms with van der Waals surface area (Å²) in [5, 5.41) is 10.7. The second kappa shape index (κ2) is 6.45. The Morgan fingerprint density at radius 2 is 2.04 bits per heavy atom. The number of thiazole rings is 1. The first-order chi connectivity index (χ1) is 11.8. The van der Waals surface area contributed by atoms with Crippen LogP contribution in [-0.4, -0.2) is 32.7 Å². The van der Waals surface area contributed by atoms with Gasteiger partial charge in [-0.1, -0.05) is 41.1 Å². The molecule has 2 aromatic heterocycles. The molecule has 0 saturated carbocycles. The van der Waals surface area contributed by atoms with E-state index in [9.17, 15) is 9.59 Å². The number of rotatable bonds is 4. The molecule has 25 heavy (non-hydrogen) atoms. The number of carbonyl (C=O) groups excluding carboxylic acids is 2. The maximum Gasteiger partial charge on any atom is 0.303 e. The number of benzene rings is 1. The molecule has 3 rings (SSSR count). The lowest BCUT2D eigenvalue weighted by molar-refractivity contribution is -0.160. The number of hydrogen-bond donors (Lipinski definition) is 2. The number of nitrogens with zero attached hydrogens (tertiary/aromatic N) is 2. The molecule has 0 aliphatic rings. The van der Waals surface area contributed by atoms with E-state index in [4.69, 9.17) is 16.3 Å². The molecule has 0 radical (unpaired) electrons. The highest BCUT2D eigenvalue weighted by atomic mass is 35.5. The van der Waals surface area contributed by atoms with Crippen LogP contribution in [0.5, 0.6) is 0 Å². The van der Waals surface area contributed by atoms with Crippen LogP contribution in [0.15, 0.2) is 24.3 Å². The molecule has 1 amide bonds. The van der Waals surface area contributed by atoms with E-state index in [0.29, 0.717) is 21.5 Å². The van der Waals surface area contributed by atoms with E-state index in [1.807, 2.05) is 18.2 Å². The Labute approximate surface area is 152 Å². The van der Waals surface area contributed by atoms with Gasteiger partial charge in [-0.3, -0.25) is 20.0 Å². The molecule has 0 saturated heterocycles. The van der Waals surface area contributed by atoms with Crippen LogP contribution in [0.1, 0.15) is 20.8 Å². The first-order valence-electron chi connectivity index (χ1n) is 7.39. The first kappa shape index (κ1) is 17.4. The number of fused-ring (bicyclic) bond motifs is 1. The summed E-state index contributed by atoms with van der Waals surface area (Å²) >= 11 is 7.49. The molecule has 9 heteroatoms. The zero-order valence-electron chi connectivity index (χ0n) is 13.7. The van der Waals surface area contributed by atoms with Gasteiger partial charge in [0.25, 0.3) is 5.91 Å². The van der Waals surface area contributed by atoms with Crippen molar-refractivity contribution in [3.05, 3.63) is 29.3 Å². The monoisotopic (exact) mass is 378 g/mol. The first-order valence-corrected chi connectivity index (χ1v) is 8.58. The Morgan fingerprint density at radius 1 is 1.32 bits per heavy atom. The fraction of sp³-hybridized carbons (Fsp3) is 0.250.